The Kier molecular flexibility index (Phi) is 3.57. The van der Waals surface area contributed by atoms with Crippen LogP contribution in [0.1, 0.15) is 25.3 Å². The van der Waals surface area contributed by atoms with Gasteiger partial charge in [0.05, 0.1) is 14.2 Å². The summed E-state index contributed by atoms with van der Waals surface area (Å²) in [7, 11) is 3.29. The SMILES string of the molecule is COc1ccc(C2C=NC(C)(C)NC2)cc1OC. The molecule has 4 nitrogen and oxygen atoms in total. The van der Waals surface area contributed by atoms with Crippen molar-refractivity contribution >= 4 is 6.21 Å². The van der Waals surface area contributed by atoms with Crippen molar-refractivity contribution in [2.75, 3.05) is 20.8 Å². The molecule has 0 spiro atoms. The molecule has 1 unspecified atom stereocenters. The minimum atomic E-state index is -0.160. The van der Waals surface area contributed by atoms with Crippen molar-refractivity contribution in [3.63, 3.8) is 0 Å². The van der Waals surface area contributed by atoms with E-state index in [-0.39, 0.29) is 11.6 Å². The summed E-state index contributed by atoms with van der Waals surface area (Å²) in [5.74, 6) is 1.79. The molecule has 0 fully saturated rings. The summed E-state index contributed by atoms with van der Waals surface area (Å²) in [6.45, 7) is 5.01. The Balaban J connectivity index is 2.25. The van der Waals surface area contributed by atoms with E-state index >= 15 is 0 Å². The summed E-state index contributed by atoms with van der Waals surface area (Å²) < 4.78 is 10.6. The molecule has 1 atom stereocenters. The number of hydrogen-bond acceptors (Lipinski definition) is 4. The summed E-state index contributed by atoms with van der Waals surface area (Å²) in [6, 6.07) is 6.00. The number of benzene rings is 1. The Bertz CT molecular complexity index is 455. The minimum Gasteiger partial charge on any atom is -0.493 e. The molecule has 0 amide bonds. The van der Waals surface area contributed by atoms with Crippen LogP contribution in [0, 0.1) is 0 Å². The van der Waals surface area contributed by atoms with Crippen LogP contribution in [-0.4, -0.2) is 32.6 Å². The van der Waals surface area contributed by atoms with Crippen molar-refractivity contribution in [1.29, 1.82) is 0 Å². The first-order valence-electron chi connectivity index (χ1n) is 6.08. The van der Waals surface area contributed by atoms with E-state index in [0.29, 0.717) is 0 Å². The first-order chi connectivity index (χ1) is 8.55. The van der Waals surface area contributed by atoms with Gasteiger partial charge < -0.3 is 9.47 Å². The van der Waals surface area contributed by atoms with E-state index < -0.39 is 0 Å². The van der Waals surface area contributed by atoms with Gasteiger partial charge in [0.2, 0.25) is 0 Å². The fourth-order valence-corrected chi connectivity index (χ4v) is 2.02. The molecule has 0 aromatic heterocycles. The molecule has 98 valence electrons. The minimum absolute atomic E-state index is 0.160. The Morgan fingerprint density at radius 3 is 2.50 bits per heavy atom. The fraction of sp³-hybridized carbons (Fsp3) is 0.500. The second-order valence-electron chi connectivity index (χ2n) is 4.94. The van der Waals surface area contributed by atoms with Crippen LogP contribution in [0.4, 0.5) is 0 Å². The molecular formula is C14H20N2O2. The Hall–Kier alpha value is -1.55. The summed E-state index contributed by atoms with van der Waals surface area (Å²) in [5.41, 5.74) is 1.02. The predicted molar refractivity (Wildman–Crippen MR) is 72.9 cm³/mol. The molecule has 0 aliphatic carbocycles. The lowest BCUT2D eigenvalue weighted by Crippen LogP contribution is -2.43. The van der Waals surface area contributed by atoms with E-state index in [1.54, 1.807) is 14.2 Å². The van der Waals surface area contributed by atoms with Crippen LogP contribution < -0.4 is 14.8 Å². The van der Waals surface area contributed by atoms with E-state index in [1.165, 1.54) is 5.56 Å². The van der Waals surface area contributed by atoms with Crippen molar-refractivity contribution in [3.8, 4) is 11.5 Å². The standard InChI is InChI=1S/C14H20N2O2/c1-14(2)15-8-11(9-16-14)10-5-6-12(17-3)13(7-10)18-4/h5-8,11,16H,9H2,1-4H3. The molecule has 0 saturated heterocycles. The van der Waals surface area contributed by atoms with Crippen molar-refractivity contribution in [1.82, 2.24) is 5.32 Å². The summed E-state index contributed by atoms with van der Waals surface area (Å²) in [6.07, 6.45) is 2.01. The molecule has 4 heteroatoms. The maximum atomic E-state index is 5.32. The maximum Gasteiger partial charge on any atom is 0.161 e. The quantitative estimate of drug-likeness (QED) is 0.891. The lowest BCUT2D eigenvalue weighted by Gasteiger charge is -2.29. The van der Waals surface area contributed by atoms with Gasteiger partial charge in [-0.3, -0.25) is 10.3 Å². The third-order valence-corrected chi connectivity index (χ3v) is 3.17. The highest BCUT2D eigenvalue weighted by Crippen LogP contribution is 2.31. The van der Waals surface area contributed by atoms with Crippen LogP contribution in [0.15, 0.2) is 23.2 Å². The molecule has 1 aliphatic heterocycles. The molecule has 1 aromatic carbocycles. The molecule has 0 radical (unpaired) electrons. The van der Waals surface area contributed by atoms with Crippen LogP contribution in [0.5, 0.6) is 11.5 Å². The van der Waals surface area contributed by atoms with Gasteiger partial charge in [0.15, 0.2) is 11.5 Å². The lowest BCUT2D eigenvalue weighted by atomic mass is 9.97. The highest BCUT2D eigenvalue weighted by Gasteiger charge is 2.23. The molecule has 0 bridgehead atoms. The number of methoxy groups -OCH3 is 2. The summed E-state index contributed by atoms with van der Waals surface area (Å²) in [4.78, 5) is 4.51. The smallest absolute Gasteiger partial charge is 0.161 e. The van der Waals surface area contributed by atoms with Gasteiger partial charge in [-0.1, -0.05) is 6.07 Å². The Morgan fingerprint density at radius 1 is 1.22 bits per heavy atom. The molecule has 1 N–H and O–H groups in total. The van der Waals surface area contributed by atoms with Gasteiger partial charge in [-0.15, -0.1) is 0 Å². The molecule has 2 rings (SSSR count). The Morgan fingerprint density at radius 2 is 1.94 bits per heavy atom. The van der Waals surface area contributed by atoms with Crippen LogP contribution in [-0.2, 0) is 0 Å². The highest BCUT2D eigenvalue weighted by atomic mass is 16.5. The van der Waals surface area contributed by atoms with Crippen LogP contribution in [0.25, 0.3) is 0 Å². The largest absolute Gasteiger partial charge is 0.493 e. The number of nitrogens with one attached hydrogen (secondary N) is 1. The van der Waals surface area contributed by atoms with E-state index in [1.807, 2.05) is 18.3 Å². The van der Waals surface area contributed by atoms with Crippen molar-refractivity contribution in [3.05, 3.63) is 23.8 Å². The predicted octanol–water partition coefficient (Wildman–Crippen LogP) is 2.20. The Labute approximate surface area is 108 Å². The zero-order valence-electron chi connectivity index (χ0n) is 11.4. The molecule has 18 heavy (non-hydrogen) atoms. The van der Waals surface area contributed by atoms with Gasteiger partial charge in [0, 0.05) is 18.7 Å². The van der Waals surface area contributed by atoms with Gasteiger partial charge in [-0.2, -0.15) is 0 Å². The fourth-order valence-electron chi connectivity index (χ4n) is 2.02. The topological polar surface area (TPSA) is 42.8 Å². The second kappa shape index (κ2) is 4.98. The van der Waals surface area contributed by atoms with Crippen LogP contribution >= 0.6 is 0 Å². The number of rotatable bonds is 3. The monoisotopic (exact) mass is 248 g/mol. The van der Waals surface area contributed by atoms with Gasteiger partial charge >= 0.3 is 0 Å². The van der Waals surface area contributed by atoms with Crippen molar-refractivity contribution in [2.24, 2.45) is 4.99 Å². The number of hydrogen-bond donors (Lipinski definition) is 1. The second-order valence-corrected chi connectivity index (χ2v) is 4.94. The average Bonchev–Trinajstić information content (AvgIpc) is 2.38. The zero-order chi connectivity index (χ0) is 13.2. The lowest BCUT2D eigenvalue weighted by molar-refractivity contribution is 0.353. The van der Waals surface area contributed by atoms with Gasteiger partial charge in [-0.25, -0.2) is 0 Å². The zero-order valence-corrected chi connectivity index (χ0v) is 11.4. The van der Waals surface area contributed by atoms with Crippen molar-refractivity contribution < 1.29 is 9.47 Å². The third-order valence-electron chi connectivity index (χ3n) is 3.17. The average molecular weight is 248 g/mol. The third kappa shape index (κ3) is 2.64. The maximum absolute atomic E-state index is 5.32. The number of nitrogens with zero attached hydrogens (tertiary/aromatic N) is 1. The molecule has 0 saturated carbocycles. The molecule has 1 aliphatic rings. The van der Waals surface area contributed by atoms with Crippen LogP contribution in [0.3, 0.4) is 0 Å². The number of ether oxygens (including phenoxy) is 2. The van der Waals surface area contributed by atoms with E-state index in [2.05, 4.69) is 30.2 Å². The summed E-state index contributed by atoms with van der Waals surface area (Å²) >= 11 is 0. The first-order valence-corrected chi connectivity index (χ1v) is 6.08. The van der Waals surface area contributed by atoms with E-state index in [0.717, 1.165) is 18.0 Å². The van der Waals surface area contributed by atoms with Gasteiger partial charge in [0.25, 0.3) is 0 Å². The highest BCUT2D eigenvalue weighted by molar-refractivity contribution is 5.70. The molecular weight excluding hydrogens is 228 g/mol. The normalized spacial score (nSPS) is 21.7. The molecule has 1 aromatic rings. The van der Waals surface area contributed by atoms with Crippen molar-refractivity contribution in [2.45, 2.75) is 25.4 Å². The number of aliphatic imine (C=N–C) groups is 1. The van der Waals surface area contributed by atoms with Gasteiger partial charge in [0.1, 0.15) is 5.66 Å². The van der Waals surface area contributed by atoms with E-state index in [9.17, 15) is 0 Å². The molecule has 1 heterocycles. The first kappa shape index (κ1) is 12.9. The van der Waals surface area contributed by atoms with E-state index in [4.69, 9.17) is 9.47 Å². The summed E-state index contributed by atoms with van der Waals surface area (Å²) in [5, 5.41) is 3.40. The van der Waals surface area contributed by atoms with Crippen LogP contribution in [0.2, 0.25) is 0 Å². The van der Waals surface area contributed by atoms with Gasteiger partial charge in [-0.05, 0) is 31.5 Å².